The third-order valence-corrected chi connectivity index (χ3v) is 3.45. The predicted molar refractivity (Wildman–Crippen MR) is 61.8 cm³/mol. The zero-order valence-corrected chi connectivity index (χ0v) is 9.37. The maximum atomic E-state index is 9.24. The van der Waals surface area contributed by atoms with Crippen molar-refractivity contribution in [2.45, 2.75) is 31.6 Å². The van der Waals surface area contributed by atoms with E-state index < -0.39 is 0 Å². The van der Waals surface area contributed by atoms with Crippen molar-refractivity contribution in [3.05, 3.63) is 34.9 Å². The third kappa shape index (κ3) is 2.33. The number of hydrogen-bond donors (Lipinski definition) is 0. The standard InChI is InChI=1S/C13H14ClN/c14-12-7-3-6-11(8-12)13(9-15)10-4-1-2-5-10/h3,6-8,10,13H,1-2,4-5H2. The summed E-state index contributed by atoms with van der Waals surface area (Å²) < 4.78 is 0. The van der Waals surface area contributed by atoms with Gasteiger partial charge in [-0.25, -0.2) is 0 Å². The molecule has 2 heteroatoms. The summed E-state index contributed by atoms with van der Waals surface area (Å²) in [5.41, 5.74) is 1.08. The summed E-state index contributed by atoms with van der Waals surface area (Å²) in [7, 11) is 0. The molecule has 1 aromatic carbocycles. The molecule has 0 aliphatic heterocycles. The Balaban J connectivity index is 2.23. The fourth-order valence-corrected chi connectivity index (χ4v) is 2.64. The van der Waals surface area contributed by atoms with Gasteiger partial charge in [0, 0.05) is 5.02 Å². The van der Waals surface area contributed by atoms with Crippen LogP contribution >= 0.6 is 11.6 Å². The van der Waals surface area contributed by atoms with Gasteiger partial charge in [-0.05, 0) is 36.5 Å². The first kappa shape index (κ1) is 10.5. The fraction of sp³-hybridized carbons (Fsp3) is 0.462. The van der Waals surface area contributed by atoms with E-state index in [4.69, 9.17) is 11.6 Å². The molecule has 78 valence electrons. The normalized spacial score (nSPS) is 18.7. The topological polar surface area (TPSA) is 23.8 Å². The lowest BCUT2D eigenvalue weighted by Gasteiger charge is -2.16. The summed E-state index contributed by atoms with van der Waals surface area (Å²) in [5.74, 6) is 0.569. The van der Waals surface area contributed by atoms with Crippen molar-refractivity contribution in [1.82, 2.24) is 0 Å². The quantitative estimate of drug-likeness (QED) is 0.734. The number of rotatable bonds is 2. The molecule has 15 heavy (non-hydrogen) atoms. The molecule has 1 aromatic rings. The van der Waals surface area contributed by atoms with Gasteiger partial charge in [-0.3, -0.25) is 0 Å². The van der Waals surface area contributed by atoms with Crippen LogP contribution in [0.5, 0.6) is 0 Å². The van der Waals surface area contributed by atoms with Gasteiger partial charge < -0.3 is 0 Å². The van der Waals surface area contributed by atoms with E-state index >= 15 is 0 Å². The Kier molecular flexibility index (Phi) is 3.28. The first-order valence-electron chi connectivity index (χ1n) is 5.46. The van der Waals surface area contributed by atoms with Crippen LogP contribution in [0.3, 0.4) is 0 Å². The summed E-state index contributed by atoms with van der Waals surface area (Å²) >= 11 is 5.94. The Morgan fingerprint density at radius 3 is 2.67 bits per heavy atom. The third-order valence-electron chi connectivity index (χ3n) is 3.22. The maximum Gasteiger partial charge on any atom is 0.0741 e. The molecule has 1 fully saturated rings. The molecular weight excluding hydrogens is 206 g/mol. The van der Waals surface area contributed by atoms with Crippen molar-refractivity contribution in [2.75, 3.05) is 0 Å². The SMILES string of the molecule is N#CC(c1cccc(Cl)c1)C1CCCC1. The van der Waals surface area contributed by atoms with Crippen LogP contribution in [0, 0.1) is 17.2 Å². The average Bonchev–Trinajstić information content (AvgIpc) is 2.72. The van der Waals surface area contributed by atoms with Gasteiger partial charge in [0.25, 0.3) is 0 Å². The van der Waals surface area contributed by atoms with Gasteiger partial charge in [-0.15, -0.1) is 0 Å². The van der Waals surface area contributed by atoms with Crippen LogP contribution in [0.2, 0.25) is 5.02 Å². The Bertz CT molecular complexity index is 374. The first-order chi connectivity index (χ1) is 7.31. The van der Waals surface area contributed by atoms with Crippen LogP contribution < -0.4 is 0 Å². The summed E-state index contributed by atoms with van der Waals surface area (Å²) in [4.78, 5) is 0. The van der Waals surface area contributed by atoms with E-state index in [0.717, 1.165) is 10.6 Å². The van der Waals surface area contributed by atoms with Gasteiger partial charge in [-0.1, -0.05) is 36.6 Å². The van der Waals surface area contributed by atoms with Gasteiger partial charge in [0.1, 0.15) is 0 Å². The maximum absolute atomic E-state index is 9.24. The highest BCUT2D eigenvalue weighted by Crippen LogP contribution is 2.37. The number of hydrogen-bond acceptors (Lipinski definition) is 1. The number of nitriles is 1. The summed E-state index contributed by atoms with van der Waals surface area (Å²) in [5, 5.41) is 9.97. The molecule has 0 bridgehead atoms. The summed E-state index contributed by atoms with van der Waals surface area (Å²) in [6.45, 7) is 0. The van der Waals surface area contributed by atoms with Gasteiger partial charge in [0.2, 0.25) is 0 Å². The highest BCUT2D eigenvalue weighted by Gasteiger charge is 2.26. The highest BCUT2D eigenvalue weighted by atomic mass is 35.5. The van der Waals surface area contributed by atoms with Crippen LogP contribution in [0.4, 0.5) is 0 Å². The molecule has 0 aromatic heterocycles. The van der Waals surface area contributed by atoms with Crippen LogP contribution in [0.25, 0.3) is 0 Å². The Morgan fingerprint density at radius 1 is 1.33 bits per heavy atom. The van der Waals surface area contributed by atoms with Gasteiger partial charge in [-0.2, -0.15) is 5.26 Å². The van der Waals surface area contributed by atoms with E-state index in [9.17, 15) is 5.26 Å². The molecule has 1 saturated carbocycles. The van der Waals surface area contributed by atoms with E-state index in [2.05, 4.69) is 6.07 Å². The van der Waals surface area contributed by atoms with Crippen LogP contribution in [-0.4, -0.2) is 0 Å². The molecule has 0 heterocycles. The molecule has 2 rings (SSSR count). The minimum absolute atomic E-state index is 0.0335. The minimum Gasteiger partial charge on any atom is -0.198 e. The van der Waals surface area contributed by atoms with Crippen molar-refractivity contribution in [3.8, 4) is 6.07 Å². The van der Waals surface area contributed by atoms with Crippen molar-refractivity contribution < 1.29 is 0 Å². The van der Waals surface area contributed by atoms with Crippen LogP contribution in [-0.2, 0) is 0 Å². The van der Waals surface area contributed by atoms with Crippen molar-refractivity contribution in [3.63, 3.8) is 0 Å². The Hall–Kier alpha value is -1.00. The molecule has 1 aliphatic carbocycles. The lowest BCUT2D eigenvalue weighted by molar-refractivity contribution is 0.501. The van der Waals surface area contributed by atoms with E-state index in [1.165, 1.54) is 25.7 Å². The average molecular weight is 220 g/mol. The Morgan fingerprint density at radius 2 is 2.07 bits per heavy atom. The molecule has 1 nitrogen and oxygen atoms in total. The second-order valence-electron chi connectivity index (χ2n) is 4.21. The van der Waals surface area contributed by atoms with Crippen LogP contribution in [0.15, 0.2) is 24.3 Å². The molecule has 1 unspecified atom stereocenters. The Labute approximate surface area is 95.7 Å². The van der Waals surface area contributed by atoms with Gasteiger partial charge in [0.15, 0.2) is 0 Å². The van der Waals surface area contributed by atoms with Gasteiger partial charge >= 0.3 is 0 Å². The van der Waals surface area contributed by atoms with E-state index in [0.29, 0.717) is 5.92 Å². The highest BCUT2D eigenvalue weighted by molar-refractivity contribution is 6.30. The predicted octanol–water partition coefficient (Wildman–Crippen LogP) is 4.14. The largest absolute Gasteiger partial charge is 0.198 e. The van der Waals surface area contributed by atoms with E-state index in [-0.39, 0.29) is 5.92 Å². The first-order valence-corrected chi connectivity index (χ1v) is 5.84. The van der Waals surface area contributed by atoms with E-state index in [1.807, 2.05) is 24.3 Å². The van der Waals surface area contributed by atoms with Crippen molar-refractivity contribution >= 4 is 11.6 Å². The molecule has 0 N–H and O–H groups in total. The molecule has 1 atom stereocenters. The number of nitrogens with zero attached hydrogens (tertiary/aromatic N) is 1. The molecule has 0 saturated heterocycles. The summed E-state index contributed by atoms with van der Waals surface area (Å²) in [6, 6.07) is 10.1. The minimum atomic E-state index is 0.0335. The fourth-order valence-electron chi connectivity index (χ4n) is 2.44. The lowest BCUT2D eigenvalue weighted by atomic mass is 9.86. The smallest absolute Gasteiger partial charge is 0.0741 e. The number of halogens is 1. The zero-order valence-electron chi connectivity index (χ0n) is 8.62. The molecule has 1 aliphatic rings. The second-order valence-corrected chi connectivity index (χ2v) is 4.64. The van der Waals surface area contributed by atoms with E-state index in [1.54, 1.807) is 0 Å². The molecular formula is C13H14ClN. The monoisotopic (exact) mass is 219 g/mol. The lowest BCUT2D eigenvalue weighted by Crippen LogP contribution is -2.07. The molecule has 0 radical (unpaired) electrons. The zero-order chi connectivity index (χ0) is 10.7. The van der Waals surface area contributed by atoms with Crippen LogP contribution in [0.1, 0.15) is 37.2 Å². The van der Waals surface area contributed by atoms with Crippen molar-refractivity contribution in [2.24, 2.45) is 5.92 Å². The van der Waals surface area contributed by atoms with Crippen molar-refractivity contribution in [1.29, 1.82) is 5.26 Å². The second kappa shape index (κ2) is 4.68. The molecule has 0 spiro atoms. The van der Waals surface area contributed by atoms with Gasteiger partial charge in [0.05, 0.1) is 12.0 Å². The summed E-state index contributed by atoms with van der Waals surface area (Å²) in [6.07, 6.45) is 4.91. The number of benzene rings is 1. The molecule has 0 amide bonds.